The number of alkyl halides is 3. The van der Waals surface area contributed by atoms with Crippen LogP contribution in [-0.2, 0) is 12.6 Å². The van der Waals surface area contributed by atoms with Gasteiger partial charge in [0.2, 0.25) is 0 Å². The summed E-state index contributed by atoms with van der Waals surface area (Å²) in [5, 5.41) is 14.3. The van der Waals surface area contributed by atoms with Crippen molar-refractivity contribution in [2.75, 3.05) is 5.32 Å². The number of anilines is 1. The zero-order chi connectivity index (χ0) is 22.7. The number of halogens is 3. The number of aryl methyl sites for hydroxylation is 1. The van der Waals surface area contributed by atoms with Crippen LogP contribution < -0.4 is 10.6 Å². The fourth-order valence-electron chi connectivity index (χ4n) is 3.72. The number of nitrogens with one attached hydrogen (secondary N) is 2. The van der Waals surface area contributed by atoms with Gasteiger partial charge in [0.05, 0.1) is 24.3 Å². The van der Waals surface area contributed by atoms with Gasteiger partial charge in [-0.25, -0.2) is 15.0 Å². The van der Waals surface area contributed by atoms with Gasteiger partial charge >= 0.3 is 6.18 Å². The van der Waals surface area contributed by atoms with Gasteiger partial charge < -0.3 is 10.6 Å². The van der Waals surface area contributed by atoms with Gasteiger partial charge in [0, 0.05) is 18.3 Å². The number of nitrogens with zero attached hydrogens (tertiary/aromatic N) is 6. The topological polar surface area (TPSA) is 111 Å². The van der Waals surface area contributed by atoms with Gasteiger partial charge in [0.25, 0.3) is 5.91 Å². The molecular weight excluding hydrogens is 425 g/mol. The van der Waals surface area contributed by atoms with Crippen LogP contribution in [0.25, 0.3) is 5.69 Å². The maximum Gasteiger partial charge on any atom is 0.434 e. The fraction of sp³-hybridized carbons (Fsp3) is 0.400. The average Bonchev–Trinajstić information content (AvgIpc) is 3.46. The number of hydrogen-bond acceptors (Lipinski definition) is 7. The number of carbonyl (C=O) groups is 1. The highest BCUT2D eigenvalue weighted by Gasteiger charge is 2.35. The molecule has 12 heteroatoms. The molecule has 1 aliphatic rings. The molecule has 9 nitrogen and oxygen atoms in total. The van der Waals surface area contributed by atoms with Gasteiger partial charge in [-0.1, -0.05) is 6.92 Å². The van der Waals surface area contributed by atoms with E-state index < -0.39 is 11.9 Å². The van der Waals surface area contributed by atoms with E-state index in [0.29, 0.717) is 17.9 Å². The predicted octanol–water partition coefficient (Wildman–Crippen LogP) is 2.80. The highest BCUT2D eigenvalue weighted by Crippen LogP contribution is 2.29. The first-order chi connectivity index (χ1) is 15.4. The van der Waals surface area contributed by atoms with Crippen molar-refractivity contribution in [2.24, 2.45) is 0 Å². The third kappa shape index (κ3) is 4.53. The van der Waals surface area contributed by atoms with E-state index in [4.69, 9.17) is 0 Å². The van der Waals surface area contributed by atoms with Crippen molar-refractivity contribution >= 4 is 11.7 Å². The van der Waals surface area contributed by atoms with Gasteiger partial charge in [-0.2, -0.15) is 23.4 Å². The standard InChI is InChI=1S/C20H21F3N8O/c1-2-12-18(25-11-16(28-12)20(21,22)23)29-13-5-3-6-14(13)30-19(32)17-15(7-4-8-24-17)31-26-9-10-27-31/h4,7-11,13-14H,2-3,5-6H2,1H3,(H,25,29)(H,30,32). The first-order valence-corrected chi connectivity index (χ1v) is 10.2. The molecule has 0 saturated heterocycles. The largest absolute Gasteiger partial charge is 0.434 e. The van der Waals surface area contributed by atoms with Gasteiger partial charge in [-0.3, -0.25) is 4.79 Å². The number of rotatable bonds is 6. The molecule has 32 heavy (non-hydrogen) atoms. The molecule has 168 valence electrons. The SMILES string of the molecule is CCc1nc(C(F)(F)F)cnc1NC1CCCC1NC(=O)c1ncccc1-n1nccn1. The Kier molecular flexibility index (Phi) is 6.01. The smallest absolute Gasteiger partial charge is 0.364 e. The highest BCUT2D eigenvalue weighted by atomic mass is 19.4. The first-order valence-electron chi connectivity index (χ1n) is 10.2. The lowest BCUT2D eigenvalue weighted by molar-refractivity contribution is -0.141. The third-order valence-electron chi connectivity index (χ3n) is 5.26. The van der Waals surface area contributed by atoms with Crippen molar-refractivity contribution in [2.45, 2.75) is 50.9 Å². The summed E-state index contributed by atoms with van der Waals surface area (Å²) in [6.45, 7) is 1.72. The molecule has 0 radical (unpaired) electrons. The Morgan fingerprint density at radius 2 is 1.91 bits per heavy atom. The van der Waals surface area contributed by atoms with Crippen molar-refractivity contribution in [3.8, 4) is 5.69 Å². The molecular formula is C20H21F3N8O. The van der Waals surface area contributed by atoms with Crippen molar-refractivity contribution in [1.82, 2.24) is 35.3 Å². The van der Waals surface area contributed by atoms with E-state index in [2.05, 4.69) is 35.8 Å². The Morgan fingerprint density at radius 3 is 2.62 bits per heavy atom. The molecule has 2 N–H and O–H groups in total. The van der Waals surface area contributed by atoms with E-state index in [1.807, 2.05) is 0 Å². The van der Waals surface area contributed by atoms with Crippen LogP contribution in [0.1, 0.15) is 48.1 Å². The van der Waals surface area contributed by atoms with Crippen molar-refractivity contribution in [1.29, 1.82) is 0 Å². The minimum Gasteiger partial charge on any atom is -0.364 e. The lowest BCUT2D eigenvalue weighted by atomic mass is 10.1. The number of carbonyl (C=O) groups excluding carboxylic acids is 1. The summed E-state index contributed by atoms with van der Waals surface area (Å²) in [7, 11) is 0. The highest BCUT2D eigenvalue weighted by molar-refractivity contribution is 5.95. The molecule has 0 spiro atoms. The van der Waals surface area contributed by atoms with E-state index in [1.54, 1.807) is 19.1 Å². The Morgan fingerprint density at radius 1 is 1.16 bits per heavy atom. The van der Waals surface area contributed by atoms with Crippen molar-refractivity contribution in [3.05, 3.63) is 54.0 Å². The van der Waals surface area contributed by atoms with Crippen LogP contribution in [0.15, 0.2) is 36.9 Å². The molecule has 2 atom stereocenters. The molecule has 3 aromatic heterocycles. The van der Waals surface area contributed by atoms with Crippen LogP contribution in [0.5, 0.6) is 0 Å². The lowest BCUT2D eigenvalue weighted by Crippen LogP contribution is -2.44. The van der Waals surface area contributed by atoms with Crippen LogP contribution >= 0.6 is 0 Å². The molecule has 0 aliphatic heterocycles. The Balaban J connectivity index is 1.50. The molecule has 1 amide bonds. The Hall–Kier alpha value is -3.57. The number of amides is 1. The number of hydrogen-bond donors (Lipinski definition) is 2. The molecule has 0 aromatic carbocycles. The second kappa shape index (κ2) is 8.89. The fourth-order valence-corrected chi connectivity index (χ4v) is 3.72. The van der Waals surface area contributed by atoms with Crippen LogP contribution in [0.2, 0.25) is 0 Å². The maximum atomic E-state index is 13.0. The Labute approximate surface area is 181 Å². The van der Waals surface area contributed by atoms with Gasteiger partial charge in [-0.15, -0.1) is 4.80 Å². The van der Waals surface area contributed by atoms with Crippen LogP contribution in [0.4, 0.5) is 19.0 Å². The maximum absolute atomic E-state index is 13.0. The second-order valence-electron chi connectivity index (χ2n) is 7.35. The zero-order valence-corrected chi connectivity index (χ0v) is 17.2. The van der Waals surface area contributed by atoms with E-state index in [9.17, 15) is 18.0 Å². The summed E-state index contributed by atoms with van der Waals surface area (Å²) in [5.41, 5.74) is -0.169. The molecule has 3 aromatic rings. The summed E-state index contributed by atoms with van der Waals surface area (Å²) in [5.74, 6) is -0.0864. The van der Waals surface area contributed by atoms with Gasteiger partial charge in [0.15, 0.2) is 11.4 Å². The molecule has 1 saturated carbocycles. The molecule has 4 rings (SSSR count). The van der Waals surface area contributed by atoms with E-state index in [0.717, 1.165) is 19.0 Å². The molecule has 2 unspecified atom stereocenters. The number of aromatic nitrogens is 6. The van der Waals surface area contributed by atoms with Crippen molar-refractivity contribution < 1.29 is 18.0 Å². The second-order valence-corrected chi connectivity index (χ2v) is 7.35. The van der Waals surface area contributed by atoms with E-state index >= 15 is 0 Å². The normalized spacial score (nSPS) is 18.5. The minimum absolute atomic E-state index is 0.179. The monoisotopic (exact) mass is 446 g/mol. The summed E-state index contributed by atoms with van der Waals surface area (Å²) in [4.78, 5) is 26.1. The first kappa shape index (κ1) is 21.7. The molecule has 1 aliphatic carbocycles. The van der Waals surface area contributed by atoms with Gasteiger partial charge in [0.1, 0.15) is 11.5 Å². The van der Waals surface area contributed by atoms with Crippen molar-refractivity contribution in [3.63, 3.8) is 0 Å². The van der Waals surface area contributed by atoms with Crippen LogP contribution in [0.3, 0.4) is 0 Å². The average molecular weight is 446 g/mol. The zero-order valence-electron chi connectivity index (χ0n) is 17.2. The summed E-state index contributed by atoms with van der Waals surface area (Å²) >= 11 is 0. The summed E-state index contributed by atoms with van der Waals surface area (Å²) < 4.78 is 38.9. The molecule has 1 fully saturated rings. The van der Waals surface area contributed by atoms with Crippen LogP contribution in [0, 0.1) is 0 Å². The summed E-state index contributed by atoms with van der Waals surface area (Å²) in [6.07, 6.45) is 3.25. The van der Waals surface area contributed by atoms with E-state index in [1.165, 1.54) is 23.4 Å². The van der Waals surface area contributed by atoms with Crippen LogP contribution in [-0.4, -0.2) is 47.9 Å². The van der Waals surface area contributed by atoms with E-state index in [-0.39, 0.29) is 35.8 Å². The number of pyridine rings is 1. The third-order valence-corrected chi connectivity index (χ3v) is 5.26. The quantitative estimate of drug-likeness (QED) is 0.599. The Bertz CT molecular complexity index is 1090. The molecule has 3 heterocycles. The minimum atomic E-state index is -4.55. The van der Waals surface area contributed by atoms with Gasteiger partial charge in [-0.05, 0) is 37.8 Å². The lowest BCUT2D eigenvalue weighted by Gasteiger charge is -2.24. The molecule has 0 bridgehead atoms. The predicted molar refractivity (Wildman–Crippen MR) is 108 cm³/mol. The summed E-state index contributed by atoms with van der Waals surface area (Å²) in [6, 6.07) is 2.92.